The fourth-order valence-corrected chi connectivity index (χ4v) is 3.72. The van der Waals surface area contributed by atoms with Crippen LogP contribution in [0.25, 0.3) is 10.8 Å². The molecule has 2 aromatic carbocycles. The summed E-state index contributed by atoms with van der Waals surface area (Å²) in [5.41, 5.74) is 0.715. The van der Waals surface area contributed by atoms with Crippen molar-refractivity contribution in [2.45, 2.75) is 38.1 Å². The minimum absolute atomic E-state index is 0.140. The summed E-state index contributed by atoms with van der Waals surface area (Å²) in [6.45, 7) is 0. The molecule has 1 amide bonds. The Hall–Kier alpha value is -3.19. The van der Waals surface area contributed by atoms with E-state index in [4.69, 9.17) is 5.84 Å². The van der Waals surface area contributed by atoms with Crippen LogP contribution in [0.15, 0.2) is 48.8 Å². The van der Waals surface area contributed by atoms with Crippen LogP contribution in [0.3, 0.4) is 0 Å². The molecule has 1 aliphatic rings. The van der Waals surface area contributed by atoms with Gasteiger partial charge in [0.05, 0.1) is 5.69 Å². The number of carbonyl (C=O) groups excluding carboxylic acids is 1. The Bertz CT molecular complexity index is 1000. The summed E-state index contributed by atoms with van der Waals surface area (Å²) in [6, 6.07) is 12.4. The van der Waals surface area contributed by atoms with Crippen molar-refractivity contribution in [2.75, 3.05) is 10.3 Å². The Morgan fingerprint density at radius 1 is 1.07 bits per heavy atom. The number of phenols is 1. The Kier molecular flexibility index (Phi) is 5.08. The number of hydrogen-bond donors (Lipinski definition) is 3. The Morgan fingerprint density at radius 2 is 1.82 bits per heavy atom. The highest BCUT2D eigenvalue weighted by atomic mass is 16.3. The van der Waals surface area contributed by atoms with Crippen LogP contribution >= 0.6 is 0 Å². The number of anilines is 2. The molecule has 1 aliphatic carbocycles. The second kappa shape index (κ2) is 7.82. The molecule has 144 valence electrons. The molecule has 1 fully saturated rings. The van der Waals surface area contributed by atoms with Crippen LogP contribution < -0.4 is 16.2 Å². The molecule has 1 saturated carbocycles. The maximum Gasteiger partial charge on any atom is 0.291 e. The smallest absolute Gasteiger partial charge is 0.291 e. The lowest BCUT2D eigenvalue weighted by molar-refractivity contribution is 0.0982. The van der Waals surface area contributed by atoms with E-state index in [1.807, 2.05) is 18.2 Å². The molecule has 0 radical (unpaired) electrons. The summed E-state index contributed by atoms with van der Waals surface area (Å²) >= 11 is 0. The lowest BCUT2D eigenvalue weighted by Crippen LogP contribution is -2.38. The maximum absolute atomic E-state index is 12.9. The Labute approximate surface area is 163 Å². The third-order valence-electron chi connectivity index (χ3n) is 5.20. The van der Waals surface area contributed by atoms with Gasteiger partial charge in [-0.3, -0.25) is 4.79 Å². The standard InChI is InChI=1S/C21H23N5O2/c22-26(18-10-11-19(27)16-9-5-4-8-15(16)18)21(28)17-12-20(24-13-23-17)25-14-6-2-1-3-7-14/h4-5,8-14,27H,1-3,6-7,22H2,(H,23,24,25). The van der Waals surface area contributed by atoms with E-state index < -0.39 is 5.91 Å². The van der Waals surface area contributed by atoms with Crippen molar-refractivity contribution < 1.29 is 9.90 Å². The van der Waals surface area contributed by atoms with Crippen LogP contribution in [0.4, 0.5) is 11.5 Å². The van der Waals surface area contributed by atoms with E-state index in [0.717, 1.165) is 17.9 Å². The molecule has 1 heterocycles. The van der Waals surface area contributed by atoms with Crippen LogP contribution in [0.5, 0.6) is 5.75 Å². The van der Waals surface area contributed by atoms with Gasteiger partial charge >= 0.3 is 0 Å². The first-order valence-corrected chi connectivity index (χ1v) is 9.52. The highest BCUT2D eigenvalue weighted by Crippen LogP contribution is 2.32. The zero-order valence-electron chi connectivity index (χ0n) is 15.5. The van der Waals surface area contributed by atoms with Crippen LogP contribution in [0.2, 0.25) is 0 Å². The largest absolute Gasteiger partial charge is 0.507 e. The van der Waals surface area contributed by atoms with Crippen molar-refractivity contribution in [3.05, 3.63) is 54.5 Å². The molecule has 1 aromatic heterocycles. The zero-order chi connectivity index (χ0) is 19.5. The molecule has 4 rings (SSSR count). The fourth-order valence-electron chi connectivity index (χ4n) is 3.72. The normalized spacial score (nSPS) is 14.8. The van der Waals surface area contributed by atoms with Crippen molar-refractivity contribution in [2.24, 2.45) is 5.84 Å². The van der Waals surface area contributed by atoms with Crippen LogP contribution in [0, 0.1) is 0 Å². The van der Waals surface area contributed by atoms with Gasteiger partial charge in [-0.2, -0.15) is 0 Å². The van der Waals surface area contributed by atoms with E-state index in [9.17, 15) is 9.90 Å². The number of hydrogen-bond acceptors (Lipinski definition) is 6. The van der Waals surface area contributed by atoms with Gasteiger partial charge in [-0.25, -0.2) is 20.8 Å². The topological polar surface area (TPSA) is 104 Å². The second-order valence-corrected chi connectivity index (χ2v) is 7.09. The van der Waals surface area contributed by atoms with Gasteiger partial charge in [0, 0.05) is 22.9 Å². The number of rotatable bonds is 4. The highest BCUT2D eigenvalue weighted by molar-refractivity contribution is 6.10. The number of fused-ring (bicyclic) bond motifs is 1. The maximum atomic E-state index is 12.9. The quantitative estimate of drug-likeness (QED) is 0.365. The predicted molar refractivity (Wildman–Crippen MR) is 109 cm³/mol. The Morgan fingerprint density at radius 3 is 2.61 bits per heavy atom. The van der Waals surface area contributed by atoms with E-state index in [1.54, 1.807) is 18.2 Å². The number of hydrazine groups is 1. The summed E-state index contributed by atoms with van der Waals surface area (Å²) in [7, 11) is 0. The zero-order valence-corrected chi connectivity index (χ0v) is 15.5. The minimum Gasteiger partial charge on any atom is -0.507 e. The van der Waals surface area contributed by atoms with Crippen LogP contribution in [-0.2, 0) is 0 Å². The summed E-state index contributed by atoms with van der Waals surface area (Å²) in [4.78, 5) is 21.3. The van der Waals surface area contributed by atoms with Crippen molar-refractivity contribution in [1.29, 1.82) is 0 Å². The number of phenolic OH excluding ortho intramolecular Hbond substituents is 1. The van der Waals surface area contributed by atoms with Gasteiger partial charge < -0.3 is 10.4 Å². The molecule has 0 aliphatic heterocycles. The van der Waals surface area contributed by atoms with Crippen molar-refractivity contribution in [1.82, 2.24) is 9.97 Å². The van der Waals surface area contributed by atoms with E-state index in [-0.39, 0.29) is 11.4 Å². The second-order valence-electron chi connectivity index (χ2n) is 7.09. The van der Waals surface area contributed by atoms with E-state index in [1.165, 1.54) is 31.7 Å². The van der Waals surface area contributed by atoms with Gasteiger partial charge in [0.15, 0.2) is 0 Å². The average molecular weight is 377 g/mol. The van der Waals surface area contributed by atoms with Crippen LogP contribution in [-0.4, -0.2) is 27.0 Å². The molecule has 0 spiro atoms. The summed E-state index contributed by atoms with van der Waals surface area (Å²) in [5.74, 6) is 6.48. The van der Waals surface area contributed by atoms with Gasteiger partial charge in [0.2, 0.25) is 0 Å². The van der Waals surface area contributed by atoms with E-state index in [2.05, 4.69) is 15.3 Å². The molecule has 3 aromatic rings. The molecule has 4 N–H and O–H groups in total. The van der Waals surface area contributed by atoms with Gasteiger partial charge in [0.1, 0.15) is 23.6 Å². The van der Waals surface area contributed by atoms with E-state index in [0.29, 0.717) is 28.3 Å². The lowest BCUT2D eigenvalue weighted by Gasteiger charge is -2.23. The van der Waals surface area contributed by atoms with Gasteiger partial charge in [-0.15, -0.1) is 0 Å². The first-order valence-electron chi connectivity index (χ1n) is 9.52. The number of nitrogens with zero attached hydrogens (tertiary/aromatic N) is 3. The van der Waals surface area contributed by atoms with Gasteiger partial charge in [-0.05, 0) is 25.0 Å². The molecular weight excluding hydrogens is 354 g/mol. The van der Waals surface area contributed by atoms with E-state index >= 15 is 0 Å². The fraction of sp³-hybridized carbons (Fsp3) is 0.286. The summed E-state index contributed by atoms with van der Waals surface area (Å²) < 4.78 is 0. The molecule has 28 heavy (non-hydrogen) atoms. The molecule has 7 heteroatoms. The number of nitrogens with two attached hydrogens (primary N) is 1. The minimum atomic E-state index is -0.440. The first kappa shape index (κ1) is 18.2. The monoisotopic (exact) mass is 377 g/mol. The molecule has 7 nitrogen and oxygen atoms in total. The lowest BCUT2D eigenvalue weighted by atomic mass is 9.95. The van der Waals surface area contributed by atoms with Gasteiger partial charge in [-0.1, -0.05) is 43.5 Å². The number of carbonyl (C=O) groups is 1. The third-order valence-corrected chi connectivity index (χ3v) is 5.20. The molecule has 0 saturated heterocycles. The summed E-state index contributed by atoms with van der Waals surface area (Å²) in [5, 5.41) is 15.8. The number of nitrogens with one attached hydrogen (secondary N) is 1. The number of amides is 1. The van der Waals surface area contributed by atoms with Crippen molar-refractivity contribution in [3.8, 4) is 5.75 Å². The molecule has 0 atom stereocenters. The number of aromatic hydroxyl groups is 1. The average Bonchev–Trinajstić information content (AvgIpc) is 2.74. The number of aromatic nitrogens is 2. The predicted octanol–water partition coefficient (Wildman–Crippen LogP) is 3.60. The third kappa shape index (κ3) is 3.61. The van der Waals surface area contributed by atoms with Crippen molar-refractivity contribution >= 4 is 28.2 Å². The van der Waals surface area contributed by atoms with Gasteiger partial charge in [0.25, 0.3) is 5.91 Å². The molecular formula is C21H23N5O2. The summed E-state index contributed by atoms with van der Waals surface area (Å²) in [6.07, 6.45) is 7.28. The van der Waals surface area contributed by atoms with Crippen molar-refractivity contribution in [3.63, 3.8) is 0 Å². The molecule has 0 unspecified atom stereocenters. The Balaban J connectivity index is 1.59. The molecule has 0 bridgehead atoms. The van der Waals surface area contributed by atoms with Crippen LogP contribution in [0.1, 0.15) is 42.6 Å². The first-order chi connectivity index (χ1) is 13.6. The highest BCUT2D eigenvalue weighted by Gasteiger charge is 2.20. The SMILES string of the molecule is NN(C(=O)c1cc(NC2CCCCC2)ncn1)c1ccc(O)c2ccccc12. The number of benzene rings is 2.